The fraction of sp³-hybridized carbons (Fsp3) is 0.650. The molecule has 0 heterocycles. The molecule has 1 atom stereocenters. The maximum atomic E-state index is 5.69. The van der Waals surface area contributed by atoms with Gasteiger partial charge in [-0.1, -0.05) is 51.1 Å². The molecular weight excluding hydrogens is 314 g/mol. The summed E-state index contributed by atoms with van der Waals surface area (Å²) in [6.07, 6.45) is 2.21. The van der Waals surface area contributed by atoms with Crippen molar-refractivity contribution in [1.82, 2.24) is 10.6 Å². The predicted molar refractivity (Wildman–Crippen MR) is 105 cm³/mol. The SMILES string of the molecule is CN=C(NCCCCOCc1ccccc1)NCC(OC)C(C)(C)C. The number of hydrogen-bond donors (Lipinski definition) is 2. The third-order valence-electron chi connectivity index (χ3n) is 4.05. The van der Waals surface area contributed by atoms with E-state index in [0.717, 1.165) is 38.5 Å². The van der Waals surface area contributed by atoms with Crippen molar-refractivity contribution < 1.29 is 9.47 Å². The summed E-state index contributed by atoms with van der Waals surface area (Å²) in [6.45, 7) is 9.60. The molecule has 2 N–H and O–H groups in total. The van der Waals surface area contributed by atoms with Crippen molar-refractivity contribution in [3.63, 3.8) is 0 Å². The van der Waals surface area contributed by atoms with E-state index in [2.05, 4.69) is 48.5 Å². The van der Waals surface area contributed by atoms with Crippen molar-refractivity contribution in [2.24, 2.45) is 10.4 Å². The lowest BCUT2D eigenvalue weighted by molar-refractivity contribution is 0.0205. The molecule has 142 valence electrons. The van der Waals surface area contributed by atoms with Gasteiger partial charge >= 0.3 is 0 Å². The molecule has 0 aromatic heterocycles. The quantitative estimate of drug-likeness (QED) is 0.387. The molecule has 0 aliphatic carbocycles. The van der Waals surface area contributed by atoms with Crippen LogP contribution in [0.25, 0.3) is 0 Å². The van der Waals surface area contributed by atoms with E-state index in [-0.39, 0.29) is 11.5 Å². The Hall–Kier alpha value is -1.59. The van der Waals surface area contributed by atoms with E-state index >= 15 is 0 Å². The molecule has 1 aromatic carbocycles. The van der Waals surface area contributed by atoms with Crippen LogP contribution in [0.4, 0.5) is 0 Å². The Balaban J connectivity index is 2.11. The monoisotopic (exact) mass is 349 g/mol. The topological polar surface area (TPSA) is 54.9 Å². The largest absolute Gasteiger partial charge is 0.379 e. The van der Waals surface area contributed by atoms with Gasteiger partial charge in [-0.15, -0.1) is 0 Å². The average molecular weight is 350 g/mol. The third kappa shape index (κ3) is 9.46. The Labute approximate surface area is 153 Å². The highest BCUT2D eigenvalue weighted by Crippen LogP contribution is 2.20. The number of unbranched alkanes of at least 4 members (excludes halogenated alkanes) is 1. The van der Waals surface area contributed by atoms with Crippen LogP contribution in [0, 0.1) is 5.41 Å². The second-order valence-corrected chi connectivity index (χ2v) is 7.22. The fourth-order valence-corrected chi connectivity index (χ4v) is 2.45. The lowest BCUT2D eigenvalue weighted by Gasteiger charge is -2.30. The van der Waals surface area contributed by atoms with E-state index in [4.69, 9.17) is 9.47 Å². The van der Waals surface area contributed by atoms with Crippen LogP contribution in [0.3, 0.4) is 0 Å². The summed E-state index contributed by atoms with van der Waals surface area (Å²) in [6, 6.07) is 10.3. The van der Waals surface area contributed by atoms with Gasteiger partial charge in [0.1, 0.15) is 0 Å². The molecule has 0 bridgehead atoms. The Kier molecular flexibility index (Phi) is 10.2. The minimum Gasteiger partial charge on any atom is -0.379 e. The zero-order valence-corrected chi connectivity index (χ0v) is 16.5. The van der Waals surface area contributed by atoms with Gasteiger partial charge in [-0.25, -0.2) is 0 Å². The van der Waals surface area contributed by atoms with Gasteiger partial charge in [-0.05, 0) is 23.8 Å². The minimum atomic E-state index is 0.0939. The average Bonchev–Trinajstić information content (AvgIpc) is 2.59. The second-order valence-electron chi connectivity index (χ2n) is 7.22. The molecular formula is C20H35N3O2. The number of aliphatic imine (C=N–C) groups is 1. The van der Waals surface area contributed by atoms with Crippen molar-refractivity contribution in [3.8, 4) is 0 Å². The number of nitrogens with one attached hydrogen (secondary N) is 2. The lowest BCUT2D eigenvalue weighted by Crippen LogP contribution is -2.45. The van der Waals surface area contributed by atoms with Crippen LogP contribution < -0.4 is 10.6 Å². The Morgan fingerprint density at radius 1 is 1.12 bits per heavy atom. The Bertz CT molecular complexity index is 483. The summed E-state index contributed by atoms with van der Waals surface area (Å²) < 4.78 is 11.2. The lowest BCUT2D eigenvalue weighted by atomic mass is 9.89. The van der Waals surface area contributed by atoms with Crippen LogP contribution in [0.1, 0.15) is 39.2 Å². The maximum absolute atomic E-state index is 5.69. The normalized spacial score (nSPS) is 13.6. The van der Waals surface area contributed by atoms with Crippen LogP contribution in [-0.4, -0.2) is 45.9 Å². The van der Waals surface area contributed by atoms with Crippen molar-refractivity contribution in [2.45, 2.75) is 46.3 Å². The van der Waals surface area contributed by atoms with Crippen LogP contribution in [0.2, 0.25) is 0 Å². The minimum absolute atomic E-state index is 0.0939. The zero-order valence-electron chi connectivity index (χ0n) is 16.5. The van der Waals surface area contributed by atoms with Crippen LogP contribution in [-0.2, 0) is 16.1 Å². The van der Waals surface area contributed by atoms with Crippen molar-refractivity contribution in [1.29, 1.82) is 0 Å². The van der Waals surface area contributed by atoms with E-state index in [9.17, 15) is 0 Å². The third-order valence-corrected chi connectivity index (χ3v) is 4.05. The molecule has 1 unspecified atom stereocenters. The molecule has 0 saturated carbocycles. The first-order valence-corrected chi connectivity index (χ1v) is 9.06. The van der Waals surface area contributed by atoms with Gasteiger partial charge in [0.05, 0.1) is 12.7 Å². The van der Waals surface area contributed by atoms with Crippen LogP contribution >= 0.6 is 0 Å². The fourth-order valence-electron chi connectivity index (χ4n) is 2.45. The first kappa shape index (κ1) is 21.5. The van der Waals surface area contributed by atoms with Gasteiger partial charge in [0.2, 0.25) is 0 Å². The van der Waals surface area contributed by atoms with Gasteiger partial charge in [0, 0.05) is 33.9 Å². The number of ether oxygens (including phenoxy) is 2. The summed E-state index contributed by atoms with van der Waals surface area (Å²) in [7, 11) is 3.54. The highest BCUT2D eigenvalue weighted by molar-refractivity contribution is 5.79. The molecule has 1 rings (SSSR count). The summed E-state index contributed by atoms with van der Waals surface area (Å²) in [5.74, 6) is 0.816. The first-order chi connectivity index (χ1) is 12.0. The molecule has 0 aliphatic heterocycles. The maximum Gasteiger partial charge on any atom is 0.191 e. The first-order valence-electron chi connectivity index (χ1n) is 9.06. The highest BCUT2D eigenvalue weighted by Gasteiger charge is 2.24. The molecule has 5 nitrogen and oxygen atoms in total. The number of hydrogen-bond acceptors (Lipinski definition) is 3. The summed E-state index contributed by atoms with van der Waals surface area (Å²) >= 11 is 0. The molecule has 1 aromatic rings. The van der Waals surface area contributed by atoms with Gasteiger partial charge in [0.15, 0.2) is 5.96 Å². The molecule has 0 fully saturated rings. The van der Waals surface area contributed by atoms with E-state index in [1.54, 1.807) is 14.2 Å². The summed E-state index contributed by atoms with van der Waals surface area (Å²) in [5, 5.41) is 6.67. The van der Waals surface area contributed by atoms with Gasteiger partial charge in [-0.2, -0.15) is 0 Å². The molecule has 25 heavy (non-hydrogen) atoms. The second kappa shape index (κ2) is 11.9. The smallest absolute Gasteiger partial charge is 0.191 e. The van der Waals surface area contributed by atoms with E-state index in [0.29, 0.717) is 6.61 Å². The standard InChI is InChI=1S/C20H35N3O2/c1-20(2,3)18(24-5)15-23-19(21-4)22-13-9-10-14-25-16-17-11-7-6-8-12-17/h6-8,11-12,18H,9-10,13-16H2,1-5H3,(H2,21,22,23). The Morgan fingerprint density at radius 2 is 1.84 bits per heavy atom. The summed E-state index contributed by atoms with van der Waals surface area (Å²) in [5.41, 5.74) is 1.31. The van der Waals surface area contributed by atoms with E-state index in [1.807, 2.05) is 18.2 Å². The molecule has 5 heteroatoms. The zero-order chi connectivity index (χ0) is 18.5. The number of rotatable bonds is 10. The Morgan fingerprint density at radius 3 is 2.44 bits per heavy atom. The van der Waals surface area contributed by atoms with Crippen molar-refractivity contribution in [2.75, 3.05) is 33.9 Å². The van der Waals surface area contributed by atoms with Gasteiger partial charge in [0.25, 0.3) is 0 Å². The van der Waals surface area contributed by atoms with E-state index in [1.165, 1.54) is 5.56 Å². The van der Waals surface area contributed by atoms with Crippen LogP contribution in [0.15, 0.2) is 35.3 Å². The number of benzene rings is 1. The van der Waals surface area contributed by atoms with Crippen molar-refractivity contribution >= 4 is 5.96 Å². The van der Waals surface area contributed by atoms with Crippen molar-refractivity contribution in [3.05, 3.63) is 35.9 Å². The van der Waals surface area contributed by atoms with E-state index < -0.39 is 0 Å². The summed E-state index contributed by atoms with van der Waals surface area (Å²) in [4.78, 5) is 4.26. The number of guanidine groups is 1. The highest BCUT2D eigenvalue weighted by atomic mass is 16.5. The molecule has 0 spiro atoms. The van der Waals surface area contributed by atoms with Crippen LogP contribution in [0.5, 0.6) is 0 Å². The predicted octanol–water partition coefficient (Wildman–Crippen LogP) is 3.21. The molecule has 0 aliphatic rings. The van der Waals surface area contributed by atoms with Gasteiger partial charge in [-0.3, -0.25) is 4.99 Å². The molecule has 0 saturated heterocycles. The number of nitrogens with zero attached hydrogens (tertiary/aromatic N) is 1. The molecule has 0 amide bonds. The molecule has 0 radical (unpaired) electrons. The van der Waals surface area contributed by atoms with Gasteiger partial charge < -0.3 is 20.1 Å². The number of methoxy groups -OCH3 is 1.